The number of H-pyrrole nitrogens is 1. The Morgan fingerprint density at radius 1 is 1.59 bits per heavy atom. The van der Waals surface area contributed by atoms with E-state index in [9.17, 15) is 4.79 Å². The summed E-state index contributed by atoms with van der Waals surface area (Å²) in [6, 6.07) is 0.529. The van der Waals surface area contributed by atoms with Gasteiger partial charge in [0.25, 0.3) is 5.56 Å². The molecule has 1 aliphatic rings. The maximum Gasteiger partial charge on any atom is 0.266 e. The van der Waals surface area contributed by atoms with Gasteiger partial charge >= 0.3 is 0 Å². The van der Waals surface area contributed by atoms with E-state index in [1.54, 1.807) is 0 Å². The van der Waals surface area contributed by atoms with Gasteiger partial charge in [-0.15, -0.1) is 11.6 Å². The van der Waals surface area contributed by atoms with Crippen LogP contribution in [0, 0.1) is 3.57 Å². The van der Waals surface area contributed by atoms with E-state index >= 15 is 0 Å². The molecule has 0 aliphatic heterocycles. The molecule has 0 spiro atoms. The molecule has 4 nitrogen and oxygen atoms in total. The molecular weight excluding hydrogens is 352 g/mol. The summed E-state index contributed by atoms with van der Waals surface area (Å²) in [5.41, 5.74) is -0.0641. The molecule has 0 saturated heterocycles. The molecule has 6 heteroatoms. The number of aromatic nitrogens is 2. The van der Waals surface area contributed by atoms with E-state index < -0.39 is 0 Å². The van der Waals surface area contributed by atoms with Crippen molar-refractivity contribution in [3.8, 4) is 0 Å². The van der Waals surface area contributed by atoms with Gasteiger partial charge < -0.3 is 9.88 Å². The van der Waals surface area contributed by atoms with Crippen LogP contribution in [0.2, 0.25) is 0 Å². The minimum absolute atomic E-state index is 0.0641. The highest BCUT2D eigenvalue weighted by Crippen LogP contribution is 2.29. The lowest BCUT2D eigenvalue weighted by Gasteiger charge is -2.38. The third-order valence-corrected chi connectivity index (χ3v) is 4.34. The molecule has 1 heterocycles. The van der Waals surface area contributed by atoms with Crippen LogP contribution in [0.5, 0.6) is 0 Å². The Morgan fingerprint density at radius 3 is 2.94 bits per heavy atom. The summed E-state index contributed by atoms with van der Waals surface area (Å²) in [7, 11) is 0. The monoisotopic (exact) mass is 367 g/mol. The molecule has 1 aromatic heterocycles. The molecule has 0 aromatic carbocycles. The number of halogens is 2. The third-order valence-electron chi connectivity index (χ3n) is 3.10. The maximum atomic E-state index is 11.6. The molecule has 1 fully saturated rings. The van der Waals surface area contributed by atoms with E-state index in [2.05, 4.69) is 37.5 Å². The van der Waals surface area contributed by atoms with Crippen molar-refractivity contribution in [2.75, 3.05) is 17.3 Å². The Bertz CT molecular complexity index is 433. The Morgan fingerprint density at radius 2 is 2.35 bits per heavy atom. The van der Waals surface area contributed by atoms with Crippen molar-refractivity contribution in [2.45, 2.75) is 31.7 Å². The van der Waals surface area contributed by atoms with Crippen LogP contribution in [0.25, 0.3) is 0 Å². The molecular formula is C11H15ClIN3O. The molecule has 0 radical (unpaired) electrons. The highest BCUT2D eigenvalue weighted by atomic mass is 127. The zero-order valence-electron chi connectivity index (χ0n) is 9.46. The third kappa shape index (κ3) is 2.93. The summed E-state index contributed by atoms with van der Waals surface area (Å²) < 4.78 is 0.673. The lowest BCUT2D eigenvalue weighted by molar-refractivity contribution is 0.383. The molecule has 1 aliphatic carbocycles. The number of aromatic amines is 1. The van der Waals surface area contributed by atoms with E-state index in [0.29, 0.717) is 15.5 Å². The number of nitrogens with zero attached hydrogens (tertiary/aromatic N) is 2. The average molecular weight is 368 g/mol. The first-order valence-corrected chi connectivity index (χ1v) is 7.41. The summed E-state index contributed by atoms with van der Waals surface area (Å²) in [4.78, 5) is 20.7. The van der Waals surface area contributed by atoms with Crippen LogP contribution in [0.4, 0.5) is 5.82 Å². The number of hydrogen-bond donors (Lipinski definition) is 1. The minimum atomic E-state index is -0.0641. The summed E-state index contributed by atoms with van der Waals surface area (Å²) >= 11 is 7.82. The summed E-state index contributed by atoms with van der Waals surface area (Å²) in [5, 5.41) is 0. The first-order valence-electron chi connectivity index (χ1n) is 5.80. The number of hydrogen-bond acceptors (Lipinski definition) is 3. The van der Waals surface area contributed by atoms with Crippen molar-refractivity contribution in [2.24, 2.45) is 0 Å². The number of alkyl halides is 1. The molecule has 2 rings (SSSR count). The lowest BCUT2D eigenvalue weighted by Crippen LogP contribution is -2.42. The van der Waals surface area contributed by atoms with Crippen molar-refractivity contribution in [1.82, 2.24) is 9.97 Å². The van der Waals surface area contributed by atoms with E-state index in [4.69, 9.17) is 11.6 Å². The zero-order chi connectivity index (χ0) is 12.3. The normalized spacial score (nSPS) is 15.6. The fourth-order valence-electron chi connectivity index (χ4n) is 1.96. The van der Waals surface area contributed by atoms with Crippen molar-refractivity contribution in [3.63, 3.8) is 0 Å². The topological polar surface area (TPSA) is 49.0 Å². The molecule has 0 unspecified atom stereocenters. The summed E-state index contributed by atoms with van der Waals surface area (Å²) in [6.07, 6.45) is 6.04. The highest BCUT2D eigenvalue weighted by molar-refractivity contribution is 14.1. The summed E-state index contributed by atoms with van der Waals surface area (Å²) in [6.45, 7) is 0.876. The second kappa shape index (κ2) is 6.04. The average Bonchev–Trinajstić information content (AvgIpc) is 2.26. The van der Waals surface area contributed by atoms with Gasteiger partial charge in [0, 0.05) is 18.5 Å². The van der Waals surface area contributed by atoms with Gasteiger partial charge in [0.2, 0.25) is 0 Å². The van der Waals surface area contributed by atoms with Gasteiger partial charge in [0.05, 0.1) is 6.33 Å². The quantitative estimate of drug-likeness (QED) is 0.642. The maximum absolute atomic E-state index is 11.6. The molecule has 0 amide bonds. The second-order valence-electron chi connectivity index (χ2n) is 4.19. The van der Waals surface area contributed by atoms with Crippen molar-refractivity contribution in [1.29, 1.82) is 0 Å². The van der Waals surface area contributed by atoms with Gasteiger partial charge in [0.15, 0.2) is 0 Å². The molecule has 1 aromatic rings. The molecule has 1 saturated carbocycles. The first kappa shape index (κ1) is 13.1. The second-order valence-corrected chi connectivity index (χ2v) is 5.65. The fraction of sp³-hybridized carbons (Fsp3) is 0.636. The smallest absolute Gasteiger partial charge is 0.266 e. The molecule has 94 valence electrons. The van der Waals surface area contributed by atoms with Crippen molar-refractivity contribution >= 4 is 40.0 Å². The van der Waals surface area contributed by atoms with Crippen molar-refractivity contribution < 1.29 is 0 Å². The molecule has 17 heavy (non-hydrogen) atoms. The van der Waals surface area contributed by atoms with Crippen LogP contribution in [0.3, 0.4) is 0 Å². The van der Waals surface area contributed by atoms with Gasteiger partial charge in [-0.1, -0.05) is 0 Å². The number of rotatable bonds is 5. The van der Waals surface area contributed by atoms with Gasteiger partial charge in [0.1, 0.15) is 9.39 Å². The van der Waals surface area contributed by atoms with E-state index in [-0.39, 0.29) is 5.56 Å². The van der Waals surface area contributed by atoms with Crippen LogP contribution in [0.1, 0.15) is 25.7 Å². The summed E-state index contributed by atoms with van der Waals surface area (Å²) in [5.74, 6) is 1.45. The molecule has 0 bridgehead atoms. The standard InChI is InChI=1S/C11H15ClIN3O/c12-5-2-6-16(8-3-1-4-8)10-9(13)11(17)15-7-14-10/h7-8H,1-6H2,(H,14,15,17). The van der Waals surface area contributed by atoms with Crippen LogP contribution >= 0.6 is 34.2 Å². The predicted octanol–water partition coefficient (Wildman–Crippen LogP) is 2.36. The predicted molar refractivity (Wildman–Crippen MR) is 77.9 cm³/mol. The fourth-order valence-corrected chi connectivity index (χ4v) is 2.69. The molecule has 1 N–H and O–H groups in total. The zero-order valence-corrected chi connectivity index (χ0v) is 12.4. The van der Waals surface area contributed by atoms with Crippen LogP contribution < -0.4 is 10.5 Å². The van der Waals surface area contributed by atoms with E-state index in [1.165, 1.54) is 25.6 Å². The van der Waals surface area contributed by atoms with E-state index in [0.717, 1.165) is 18.8 Å². The Labute approximate surface area is 119 Å². The highest BCUT2D eigenvalue weighted by Gasteiger charge is 2.27. The lowest BCUT2D eigenvalue weighted by atomic mass is 9.91. The minimum Gasteiger partial charge on any atom is -0.352 e. The first-order chi connectivity index (χ1) is 8.24. The number of nitrogens with one attached hydrogen (secondary N) is 1. The van der Waals surface area contributed by atoms with E-state index in [1.807, 2.05) is 0 Å². The van der Waals surface area contributed by atoms with Gasteiger partial charge in [-0.05, 0) is 48.3 Å². The largest absolute Gasteiger partial charge is 0.352 e. The van der Waals surface area contributed by atoms with Crippen LogP contribution in [0.15, 0.2) is 11.1 Å². The van der Waals surface area contributed by atoms with Gasteiger partial charge in [-0.25, -0.2) is 4.98 Å². The van der Waals surface area contributed by atoms with Crippen LogP contribution in [-0.4, -0.2) is 28.4 Å². The van der Waals surface area contributed by atoms with Crippen LogP contribution in [-0.2, 0) is 0 Å². The Kier molecular flexibility index (Phi) is 4.67. The number of anilines is 1. The molecule has 0 atom stereocenters. The Balaban J connectivity index is 2.24. The SMILES string of the molecule is O=c1[nH]cnc(N(CCCCl)C2CCC2)c1I. The van der Waals surface area contributed by atoms with Gasteiger partial charge in [-0.3, -0.25) is 4.79 Å². The van der Waals surface area contributed by atoms with Gasteiger partial charge in [-0.2, -0.15) is 0 Å². The van der Waals surface area contributed by atoms with Crippen molar-refractivity contribution in [3.05, 3.63) is 20.3 Å². The Hall–Kier alpha value is -0.300.